The van der Waals surface area contributed by atoms with E-state index in [1.54, 1.807) is 0 Å². The fourth-order valence-corrected chi connectivity index (χ4v) is 4.02. The highest BCUT2D eigenvalue weighted by molar-refractivity contribution is 7.99. The van der Waals surface area contributed by atoms with Crippen molar-refractivity contribution < 1.29 is 4.79 Å². The van der Waals surface area contributed by atoms with E-state index in [0.717, 1.165) is 43.9 Å². The van der Waals surface area contributed by atoms with Crippen LogP contribution in [0.1, 0.15) is 58.8 Å². The molecule has 3 nitrogen and oxygen atoms in total. The van der Waals surface area contributed by atoms with Gasteiger partial charge in [0.15, 0.2) is 0 Å². The molecule has 112 valence electrons. The summed E-state index contributed by atoms with van der Waals surface area (Å²) in [4.78, 5) is 11.9. The Hall–Kier alpha value is -0.220. The number of hydrogen-bond acceptors (Lipinski definition) is 3. The summed E-state index contributed by atoms with van der Waals surface area (Å²) in [5.74, 6) is 2.04. The van der Waals surface area contributed by atoms with E-state index in [9.17, 15) is 4.79 Å². The van der Waals surface area contributed by atoms with Crippen LogP contribution >= 0.6 is 11.8 Å². The highest BCUT2D eigenvalue weighted by atomic mass is 32.2. The topological polar surface area (TPSA) is 55.1 Å². The second-order valence-electron chi connectivity index (χ2n) is 5.55. The molecule has 1 fully saturated rings. The van der Waals surface area contributed by atoms with Crippen molar-refractivity contribution in [2.45, 2.75) is 70.1 Å². The van der Waals surface area contributed by atoms with Gasteiger partial charge in [-0.25, -0.2) is 0 Å². The summed E-state index contributed by atoms with van der Waals surface area (Å²) in [6.07, 6.45) is 7.40. The number of carbonyl (C=O) groups is 1. The number of amides is 1. The zero-order valence-electron chi connectivity index (χ0n) is 12.5. The monoisotopic (exact) mass is 286 g/mol. The zero-order chi connectivity index (χ0) is 14.1. The maximum Gasteiger partial charge on any atom is 0.220 e. The molecule has 4 heteroatoms. The maximum atomic E-state index is 11.9. The quantitative estimate of drug-likeness (QED) is 0.685. The highest BCUT2D eigenvalue weighted by Gasteiger charge is 2.25. The molecule has 1 saturated carbocycles. The van der Waals surface area contributed by atoms with Gasteiger partial charge < -0.3 is 11.1 Å². The number of nitrogens with two attached hydrogens (primary N) is 1. The number of hydrogen-bond donors (Lipinski definition) is 2. The number of carbonyl (C=O) groups excluding carboxylic acids is 1. The Morgan fingerprint density at radius 3 is 2.79 bits per heavy atom. The van der Waals surface area contributed by atoms with Gasteiger partial charge in [0.05, 0.1) is 0 Å². The molecule has 0 aromatic carbocycles. The molecular weight excluding hydrogens is 256 g/mol. The third-order valence-electron chi connectivity index (χ3n) is 4.08. The molecule has 0 heterocycles. The van der Waals surface area contributed by atoms with Crippen LogP contribution in [0.4, 0.5) is 0 Å². The average molecular weight is 286 g/mol. The maximum absolute atomic E-state index is 11.9. The first-order chi connectivity index (χ1) is 9.19. The van der Waals surface area contributed by atoms with E-state index in [4.69, 9.17) is 5.73 Å². The Balaban J connectivity index is 2.17. The smallest absolute Gasteiger partial charge is 0.220 e. The molecule has 1 rings (SSSR count). The van der Waals surface area contributed by atoms with Gasteiger partial charge in [-0.2, -0.15) is 11.8 Å². The van der Waals surface area contributed by atoms with Crippen LogP contribution in [-0.2, 0) is 4.79 Å². The Kier molecular flexibility index (Phi) is 8.55. The van der Waals surface area contributed by atoms with E-state index in [0.29, 0.717) is 18.4 Å². The van der Waals surface area contributed by atoms with Crippen molar-refractivity contribution in [2.75, 3.05) is 12.3 Å². The normalized spacial score (nSPS) is 24.4. The van der Waals surface area contributed by atoms with Crippen LogP contribution in [0.5, 0.6) is 0 Å². The predicted octanol–water partition coefficient (Wildman–Crippen LogP) is 2.93. The van der Waals surface area contributed by atoms with Gasteiger partial charge in [0, 0.05) is 17.7 Å². The largest absolute Gasteiger partial charge is 0.353 e. The zero-order valence-corrected chi connectivity index (χ0v) is 13.3. The SMILES string of the molecule is CCSC1CCC(NC(=O)CCC(CC)CCN)C1. The van der Waals surface area contributed by atoms with E-state index >= 15 is 0 Å². The highest BCUT2D eigenvalue weighted by Crippen LogP contribution is 2.29. The van der Waals surface area contributed by atoms with Crippen LogP contribution in [0.3, 0.4) is 0 Å². The van der Waals surface area contributed by atoms with Crippen molar-refractivity contribution in [1.29, 1.82) is 0 Å². The lowest BCUT2D eigenvalue weighted by Crippen LogP contribution is -2.33. The lowest BCUT2D eigenvalue weighted by molar-refractivity contribution is -0.122. The van der Waals surface area contributed by atoms with Crippen molar-refractivity contribution >= 4 is 17.7 Å². The molecule has 19 heavy (non-hydrogen) atoms. The van der Waals surface area contributed by atoms with Gasteiger partial charge in [0.25, 0.3) is 0 Å². The molecule has 0 spiro atoms. The van der Waals surface area contributed by atoms with Crippen LogP contribution < -0.4 is 11.1 Å². The molecule has 1 aliphatic rings. The minimum Gasteiger partial charge on any atom is -0.353 e. The summed E-state index contributed by atoms with van der Waals surface area (Å²) in [6, 6.07) is 0.422. The van der Waals surface area contributed by atoms with E-state index in [-0.39, 0.29) is 5.91 Å². The summed E-state index contributed by atoms with van der Waals surface area (Å²) in [5.41, 5.74) is 5.58. The third kappa shape index (κ3) is 6.66. The predicted molar refractivity (Wildman–Crippen MR) is 84.4 cm³/mol. The summed E-state index contributed by atoms with van der Waals surface area (Å²) in [5, 5.41) is 3.97. The summed E-state index contributed by atoms with van der Waals surface area (Å²) >= 11 is 2.03. The number of nitrogens with one attached hydrogen (secondary N) is 1. The standard InChI is InChI=1S/C15H30N2OS/c1-3-12(9-10-16)5-8-15(18)17-13-6-7-14(11-13)19-4-2/h12-14H,3-11,16H2,1-2H3,(H,17,18). The van der Waals surface area contributed by atoms with Crippen LogP contribution in [0, 0.1) is 5.92 Å². The molecule has 0 bridgehead atoms. The summed E-state index contributed by atoms with van der Waals surface area (Å²) in [7, 11) is 0. The molecule has 0 aromatic heterocycles. The van der Waals surface area contributed by atoms with Gasteiger partial charge >= 0.3 is 0 Å². The molecule has 3 unspecified atom stereocenters. The fraction of sp³-hybridized carbons (Fsp3) is 0.933. The molecule has 0 aliphatic heterocycles. The number of thioether (sulfide) groups is 1. The molecule has 1 amide bonds. The third-order valence-corrected chi connectivity index (χ3v) is 5.32. The van der Waals surface area contributed by atoms with Crippen LogP contribution in [-0.4, -0.2) is 29.5 Å². The molecule has 0 saturated heterocycles. The van der Waals surface area contributed by atoms with Gasteiger partial charge in [-0.05, 0) is 50.3 Å². The minimum absolute atomic E-state index is 0.239. The van der Waals surface area contributed by atoms with Crippen molar-refractivity contribution in [3.05, 3.63) is 0 Å². The van der Waals surface area contributed by atoms with E-state index in [1.165, 1.54) is 12.2 Å². The molecular formula is C15H30N2OS. The van der Waals surface area contributed by atoms with Crippen molar-refractivity contribution in [3.63, 3.8) is 0 Å². The molecule has 3 atom stereocenters. The van der Waals surface area contributed by atoms with Crippen LogP contribution in [0.15, 0.2) is 0 Å². The lowest BCUT2D eigenvalue weighted by Gasteiger charge is -2.16. The van der Waals surface area contributed by atoms with Gasteiger partial charge in [-0.1, -0.05) is 20.3 Å². The molecule has 0 aromatic rings. The Bertz CT molecular complexity index is 261. The van der Waals surface area contributed by atoms with Crippen molar-refractivity contribution in [1.82, 2.24) is 5.32 Å². The molecule has 1 aliphatic carbocycles. The summed E-state index contributed by atoms with van der Waals surface area (Å²) < 4.78 is 0. The van der Waals surface area contributed by atoms with E-state index in [2.05, 4.69) is 19.2 Å². The van der Waals surface area contributed by atoms with Gasteiger partial charge in [-0.3, -0.25) is 4.79 Å². The van der Waals surface area contributed by atoms with Gasteiger partial charge in [0.1, 0.15) is 0 Å². The first-order valence-corrected chi connectivity index (χ1v) is 8.85. The lowest BCUT2D eigenvalue weighted by atomic mass is 9.96. The number of rotatable bonds is 9. The van der Waals surface area contributed by atoms with E-state index < -0.39 is 0 Å². The van der Waals surface area contributed by atoms with Gasteiger partial charge in [-0.15, -0.1) is 0 Å². The Morgan fingerprint density at radius 1 is 1.37 bits per heavy atom. The summed E-state index contributed by atoms with van der Waals surface area (Å²) in [6.45, 7) is 5.12. The van der Waals surface area contributed by atoms with Gasteiger partial charge in [0.2, 0.25) is 5.91 Å². The van der Waals surface area contributed by atoms with Crippen molar-refractivity contribution in [2.24, 2.45) is 11.7 Å². The first kappa shape index (κ1) is 16.8. The Morgan fingerprint density at radius 2 is 2.16 bits per heavy atom. The van der Waals surface area contributed by atoms with E-state index in [1.807, 2.05) is 11.8 Å². The molecule has 0 radical (unpaired) electrons. The Labute approximate surface area is 122 Å². The second kappa shape index (κ2) is 9.65. The first-order valence-electron chi connectivity index (χ1n) is 7.80. The fourth-order valence-electron chi connectivity index (χ4n) is 2.88. The molecule has 3 N–H and O–H groups in total. The van der Waals surface area contributed by atoms with Crippen LogP contribution in [0.2, 0.25) is 0 Å². The second-order valence-corrected chi connectivity index (χ2v) is 7.12. The minimum atomic E-state index is 0.239. The van der Waals surface area contributed by atoms with Crippen molar-refractivity contribution in [3.8, 4) is 0 Å². The average Bonchev–Trinajstić information content (AvgIpc) is 2.82. The van der Waals surface area contributed by atoms with Crippen LogP contribution in [0.25, 0.3) is 0 Å².